The summed E-state index contributed by atoms with van der Waals surface area (Å²) in [6.45, 7) is 8.15. The van der Waals surface area contributed by atoms with Crippen LogP contribution in [-0.2, 0) is 4.79 Å². The summed E-state index contributed by atoms with van der Waals surface area (Å²) in [4.78, 5) is 24.3. The predicted molar refractivity (Wildman–Crippen MR) is 77.1 cm³/mol. The molecule has 1 aromatic carbocycles. The lowest BCUT2D eigenvalue weighted by molar-refractivity contribution is -0.123. The van der Waals surface area contributed by atoms with E-state index in [0.29, 0.717) is 18.5 Å². The van der Waals surface area contributed by atoms with Crippen molar-refractivity contribution in [1.82, 2.24) is 5.32 Å². The minimum Gasteiger partial charge on any atom is -0.355 e. The molecule has 0 heterocycles. The highest BCUT2D eigenvalue weighted by Gasteiger charge is 2.25. The number of allylic oxidation sites excluding steroid dienone is 1. The Morgan fingerprint density at radius 3 is 2.47 bits per heavy atom. The van der Waals surface area contributed by atoms with E-state index in [1.54, 1.807) is 18.2 Å². The number of nitrogens with one attached hydrogen (secondary N) is 1. The van der Waals surface area contributed by atoms with Gasteiger partial charge in [-0.3, -0.25) is 9.59 Å². The summed E-state index contributed by atoms with van der Waals surface area (Å²) in [7, 11) is 0. The van der Waals surface area contributed by atoms with Crippen LogP contribution >= 0.6 is 0 Å². The Morgan fingerprint density at radius 1 is 1.32 bits per heavy atom. The Hall–Kier alpha value is -1.90. The standard InChI is InChI=1S/C16H21NO2/c1-4-6-14(16(19)17-11-5-2)15(18)13-9-7-12(3)8-10-13/h4,7-10,14H,1,5-6,11H2,2-3H3,(H,17,19). The van der Waals surface area contributed by atoms with Gasteiger partial charge in [0.05, 0.1) is 0 Å². The van der Waals surface area contributed by atoms with Gasteiger partial charge in [-0.05, 0) is 19.8 Å². The smallest absolute Gasteiger partial charge is 0.231 e. The zero-order valence-electron chi connectivity index (χ0n) is 11.6. The van der Waals surface area contributed by atoms with Gasteiger partial charge >= 0.3 is 0 Å². The summed E-state index contributed by atoms with van der Waals surface area (Å²) < 4.78 is 0. The van der Waals surface area contributed by atoms with Gasteiger partial charge in [0.15, 0.2) is 5.78 Å². The monoisotopic (exact) mass is 259 g/mol. The first-order valence-electron chi connectivity index (χ1n) is 6.59. The first-order chi connectivity index (χ1) is 9.10. The molecule has 1 amide bonds. The van der Waals surface area contributed by atoms with Gasteiger partial charge in [-0.15, -0.1) is 6.58 Å². The van der Waals surface area contributed by atoms with Crippen LogP contribution in [0.2, 0.25) is 0 Å². The second-order valence-corrected chi connectivity index (χ2v) is 4.60. The number of carbonyl (C=O) groups is 2. The average molecular weight is 259 g/mol. The van der Waals surface area contributed by atoms with Crippen LogP contribution < -0.4 is 5.32 Å². The molecular weight excluding hydrogens is 238 g/mol. The third kappa shape index (κ3) is 4.36. The maximum Gasteiger partial charge on any atom is 0.231 e. The van der Waals surface area contributed by atoms with Gasteiger partial charge in [0.25, 0.3) is 0 Å². The number of rotatable bonds is 7. The second kappa shape index (κ2) is 7.52. The summed E-state index contributed by atoms with van der Waals surface area (Å²) in [5, 5.41) is 2.77. The fourth-order valence-corrected chi connectivity index (χ4v) is 1.79. The molecule has 3 nitrogen and oxygen atoms in total. The summed E-state index contributed by atoms with van der Waals surface area (Å²) in [6, 6.07) is 7.28. The van der Waals surface area contributed by atoms with E-state index in [1.165, 1.54) is 0 Å². The number of Topliss-reactive ketones (excluding diaryl/α,β-unsaturated/α-hetero) is 1. The van der Waals surface area contributed by atoms with E-state index in [9.17, 15) is 9.59 Å². The largest absolute Gasteiger partial charge is 0.355 e. The number of benzene rings is 1. The van der Waals surface area contributed by atoms with Crippen molar-refractivity contribution in [2.75, 3.05) is 6.54 Å². The molecule has 0 radical (unpaired) electrons. The highest BCUT2D eigenvalue weighted by molar-refractivity contribution is 6.10. The molecule has 0 saturated heterocycles. The molecule has 1 rings (SSSR count). The molecule has 1 N–H and O–H groups in total. The summed E-state index contributed by atoms with van der Waals surface area (Å²) in [5.74, 6) is -1.03. The fourth-order valence-electron chi connectivity index (χ4n) is 1.79. The Balaban J connectivity index is 2.85. The highest BCUT2D eigenvalue weighted by Crippen LogP contribution is 2.14. The van der Waals surface area contributed by atoms with Crippen LogP contribution in [0.3, 0.4) is 0 Å². The molecule has 3 heteroatoms. The lowest BCUT2D eigenvalue weighted by Crippen LogP contribution is -2.35. The summed E-state index contributed by atoms with van der Waals surface area (Å²) in [6.07, 6.45) is 2.83. The normalized spacial score (nSPS) is 11.7. The SMILES string of the molecule is C=CCC(C(=O)NCCC)C(=O)c1ccc(C)cc1. The van der Waals surface area contributed by atoms with Gasteiger partial charge in [-0.25, -0.2) is 0 Å². The van der Waals surface area contributed by atoms with E-state index in [2.05, 4.69) is 11.9 Å². The van der Waals surface area contributed by atoms with E-state index in [1.807, 2.05) is 26.0 Å². The molecule has 1 atom stereocenters. The van der Waals surface area contributed by atoms with E-state index in [0.717, 1.165) is 12.0 Å². The fraction of sp³-hybridized carbons (Fsp3) is 0.375. The Morgan fingerprint density at radius 2 is 1.95 bits per heavy atom. The Labute approximate surface area is 114 Å². The molecule has 1 aromatic rings. The molecule has 19 heavy (non-hydrogen) atoms. The second-order valence-electron chi connectivity index (χ2n) is 4.60. The zero-order chi connectivity index (χ0) is 14.3. The maximum atomic E-state index is 12.3. The van der Waals surface area contributed by atoms with Crippen molar-refractivity contribution in [3.8, 4) is 0 Å². The van der Waals surface area contributed by atoms with Gasteiger partial charge in [-0.1, -0.05) is 42.8 Å². The van der Waals surface area contributed by atoms with Crippen LogP contribution in [0.5, 0.6) is 0 Å². The van der Waals surface area contributed by atoms with Crippen molar-refractivity contribution in [2.24, 2.45) is 5.92 Å². The van der Waals surface area contributed by atoms with Crippen molar-refractivity contribution in [1.29, 1.82) is 0 Å². The van der Waals surface area contributed by atoms with E-state index in [-0.39, 0.29) is 11.7 Å². The molecule has 0 saturated carbocycles. The zero-order valence-corrected chi connectivity index (χ0v) is 11.6. The molecule has 0 spiro atoms. The first kappa shape index (κ1) is 15.2. The van der Waals surface area contributed by atoms with E-state index < -0.39 is 5.92 Å². The summed E-state index contributed by atoms with van der Waals surface area (Å²) in [5.41, 5.74) is 1.66. The minimum atomic E-state index is -0.674. The predicted octanol–water partition coefficient (Wildman–Crippen LogP) is 2.90. The van der Waals surface area contributed by atoms with Crippen LogP contribution in [0, 0.1) is 12.8 Å². The topological polar surface area (TPSA) is 46.2 Å². The minimum absolute atomic E-state index is 0.145. The lowest BCUT2D eigenvalue weighted by Gasteiger charge is -2.14. The number of hydrogen-bond donors (Lipinski definition) is 1. The highest BCUT2D eigenvalue weighted by atomic mass is 16.2. The summed E-state index contributed by atoms with van der Waals surface area (Å²) >= 11 is 0. The van der Waals surface area contributed by atoms with Crippen LogP contribution in [0.4, 0.5) is 0 Å². The van der Waals surface area contributed by atoms with Crippen molar-refractivity contribution in [3.63, 3.8) is 0 Å². The molecule has 0 bridgehead atoms. The third-order valence-corrected chi connectivity index (χ3v) is 2.92. The van der Waals surface area contributed by atoms with Crippen molar-refractivity contribution in [2.45, 2.75) is 26.7 Å². The average Bonchev–Trinajstić information content (AvgIpc) is 2.42. The lowest BCUT2D eigenvalue weighted by atomic mass is 9.93. The van der Waals surface area contributed by atoms with Crippen molar-refractivity contribution >= 4 is 11.7 Å². The van der Waals surface area contributed by atoms with Crippen LogP contribution in [0.25, 0.3) is 0 Å². The number of ketones is 1. The third-order valence-electron chi connectivity index (χ3n) is 2.92. The van der Waals surface area contributed by atoms with E-state index >= 15 is 0 Å². The van der Waals surface area contributed by atoms with Crippen molar-refractivity contribution < 1.29 is 9.59 Å². The van der Waals surface area contributed by atoms with Crippen LogP contribution in [0.15, 0.2) is 36.9 Å². The molecule has 0 aliphatic heterocycles. The quantitative estimate of drug-likeness (QED) is 0.465. The van der Waals surface area contributed by atoms with Gasteiger partial charge in [-0.2, -0.15) is 0 Å². The molecule has 0 fully saturated rings. The Kier molecular flexibility index (Phi) is 6.00. The van der Waals surface area contributed by atoms with Crippen LogP contribution in [0.1, 0.15) is 35.7 Å². The molecule has 0 aliphatic rings. The molecule has 1 unspecified atom stereocenters. The molecule has 102 valence electrons. The number of carbonyl (C=O) groups excluding carboxylic acids is 2. The maximum absolute atomic E-state index is 12.3. The van der Waals surface area contributed by atoms with Crippen LogP contribution in [-0.4, -0.2) is 18.2 Å². The van der Waals surface area contributed by atoms with E-state index in [4.69, 9.17) is 0 Å². The number of amides is 1. The van der Waals surface area contributed by atoms with Gasteiger partial charge < -0.3 is 5.32 Å². The Bertz CT molecular complexity index is 448. The van der Waals surface area contributed by atoms with Gasteiger partial charge in [0.1, 0.15) is 5.92 Å². The molecule has 0 aliphatic carbocycles. The number of hydrogen-bond acceptors (Lipinski definition) is 2. The molecular formula is C16H21NO2. The molecule has 0 aromatic heterocycles. The van der Waals surface area contributed by atoms with Gasteiger partial charge in [0, 0.05) is 12.1 Å². The number of aryl methyl sites for hydroxylation is 1. The van der Waals surface area contributed by atoms with Crippen molar-refractivity contribution in [3.05, 3.63) is 48.0 Å². The first-order valence-corrected chi connectivity index (χ1v) is 6.59. The van der Waals surface area contributed by atoms with Gasteiger partial charge in [0.2, 0.25) is 5.91 Å².